The highest BCUT2D eigenvalue weighted by Crippen LogP contribution is 2.33. The van der Waals surface area contributed by atoms with Crippen LogP contribution in [0.5, 0.6) is 5.75 Å². The molecule has 4 nitrogen and oxygen atoms in total. The van der Waals surface area contributed by atoms with Crippen molar-refractivity contribution in [3.63, 3.8) is 0 Å². The molecule has 132 valence electrons. The SMILES string of the molecule is Oc1cccc(N2CCOC3(CCN(Cc4ccccc4)CC3)C2)c1. The molecule has 2 saturated heterocycles. The van der Waals surface area contributed by atoms with Crippen molar-refractivity contribution in [1.29, 1.82) is 0 Å². The molecule has 0 unspecified atom stereocenters. The normalized spacial score (nSPS) is 20.7. The second-order valence-electron chi connectivity index (χ2n) is 7.23. The van der Waals surface area contributed by atoms with Gasteiger partial charge in [-0.1, -0.05) is 36.4 Å². The highest BCUT2D eigenvalue weighted by molar-refractivity contribution is 5.51. The molecule has 2 aliphatic heterocycles. The van der Waals surface area contributed by atoms with Crippen molar-refractivity contribution in [2.24, 2.45) is 0 Å². The fourth-order valence-corrected chi connectivity index (χ4v) is 4.02. The summed E-state index contributed by atoms with van der Waals surface area (Å²) in [6, 6.07) is 18.2. The van der Waals surface area contributed by atoms with Crippen molar-refractivity contribution >= 4 is 5.69 Å². The Bertz CT molecular complexity index is 696. The number of benzene rings is 2. The number of nitrogens with zero attached hydrogens (tertiary/aromatic N) is 2. The molecule has 4 heteroatoms. The van der Waals surface area contributed by atoms with Gasteiger partial charge >= 0.3 is 0 Å². The predicted molar refractivity (Wildman–Crippen MR) is 100.0 cm³/mol. The number of aromatic hydroxyl groups is 1. The molecule has 0 saturated carbocycles. The topological polar surface area (TPSA) is 35.9 Å². The number of phenols is 1. The first-order valence-electron chi connectivity index (χ1n) is 9.17. The molecule has 4 rings (SSSR count). The van der Waals surface area contributed by atoms with Crippen LogP contribution in [0.15, 0.2) is 54.6 Å². The quantitative estimate of drug-likeness (QED) is 0.932. The van der Waals surface area contributed by atoms with E-state index in [1.54, 1.807) is 6.07 Å². The molecule has 2 fully saturated rings. The van der Waals surface area contributed by atoms with Gasteiger partial charge < -0.3 is 14.7 Å². The number of phenolic OH excluding ortho intramolecular Hbond substituents is 1. The minimum absolute atomic E-state index is 0.0447. The lowest BCUT2D eigenvalue weighted by Crippen LogP contribution is -2.56. The molecule has 2 heterocycles. The van der Waals surface area contributed by atoms with Crippen molar-refractivity contribution in [2.45, 2.75) is 25.0 Å². The maximum absolute atomic E-state index is 9.76. The molecule has 2 aromatic carbocycles. The van der Waals surface area contributed by atoms with Crippen molar-refractivity contribution < 1.29 is 9.84 Å². The smallest absolute Gasteiger partial charge is 0.117 e. The second-order valence-corrected chi connectivity index (χ2v) is 7.23. The summed E-state index contributed by atoms with van der Waals surface area (Å²) >= 11 is 0. The van der Waals surface area contributed by atoms with Gasteiger partial charge in [0.25, 0.3) is 0 Å². The Kier molecular flexibility index (Phi) is 4.64. The number of likely N-dealkylation sites (tertiary alicyclic amines) is 1. The average molecular weight is 338 g/mol. The van der Waals surface area contributed by atoms with E-state index in [0.717, 1.165) is 57.9 Å². The fraction of sp³-hybridized carbons (Fsp3) is 0.429. The van der Waals surface area contributed by atoms with Crippen LogP contribution in [0.4, 0.5) is 5.69 Å². The Morgan fingerprint density at radius 2 is 1.76 bits per heavy atom. The molecule has 1 N–H and O–H groups in total. The molecular formula is C21H26N2O2. The van der Waals surface area contributed by atoms with Crippen LogP contribution in [0, 0.1) is 0 Å². The highest BCUT2D eigenvalue weighted by Gasteiger charge is 2.39. The number of hydrogen-bond acceptors (Lipinski definition) is 4. The van der Waals surface area contributed by atoms with Gasteiger partial charge in [-0.25, -0.2) is 0 Å². The van der Waals surface area contributed by atoms with E-state index in [0.29, 0.717) is 5.75 Å². The number of morpholine rings is 1. The standard InChI is InChI=1S/C21H26N2O2/c24-20-8-4-7-19(15-20)23-13-14-25-21(17-23)9-11-22(12-10-21)16-18-5-2-1-3-6-18/h1-8,15,24H,9-14,16-17H2. The molecule has 2 aromatic rings. The third kappa shape index (κ3) is 3.80. The van der Waals surface area contributed by atoms with Gasteiger partial charge in [0.05, 0.1) is 12.2 Å². The van der Waals surface area contributed by atoms with Gasteiger partial charge in [0.2, 0.25) is 0 Å². The lowest BCUT2D eigenvalue weighted by Gasteiger charge is -2.48. The van der Waals surface area contributed by atoms with E-state index in [9.17, 15) is 5.11 Å². The summed E-state index contributed by atoms with van der Waals surface area (Å²) in [6.45, 7) is 5.72. The summed E-state index contributed by atoms with van der Waals surface area (Å²) in [5.74, 6) is 0.329. The first kappa shape index (κ1) is 16.4. The Balaban J connectivity index is 1.38. The summed E-state index contributed by atoms with van der Waals surface area (Å²) in [4.78, 5) is 4.88. The van der Waals surface area contributed by atoms with E-state index >= 15 is 0 Å². The molecule has 1 spiro atoms. The van der Waals surface area contributed by atoms with Crippen LogP contribution in [0.3, 0.4) is 0 Å². The summed E-state index contributed by atoms with van der Waals surface area (Å²) in [5, 5.41) is 9.76. The summed E-state index contributed by atoms with van der Waals surface area (Å²) in [6.07, 6.45) is 2.13. The molecule has 0 aliphatic carbocycles. The number of rotatable bonds is 3. The maximum Gasteiger partial charge on any atom is 0.117 e. The molecule has 25 heavy (non-hydrogen) atoms. The van der Waals surface area contributed by atoms with Crippen molar-refractivity contribution in [3.05, 3.63) is 60.2 Å². The molecule has 0 bridgehead atoms. The highest BCUT2D eigenvalue weighted by atomic mass is 16.5. The van der Waals surface area contributed by atoms with E-state index in [2.05, 4.69) is 46.2 Å². The minimum atomic E-state index is -0.0447. The zero-order chi connectivity index (χ0) is 17.1. The summed E-state index contributed by atoms with van der Waals surface area (Å²) in [7, 11) is 0. The summed E-state index contributed by atoms with van der Waals surface area (Å²) in [5.41, 5.74) is 2.43. The molecule has 0 amide bonds. The van der Waals surface area contributed by atoms with Crippen LogP contribution < -0.4 is 4.90 Å². The van der Waals surface area contributed by atoms with Crippen molar-refractivity contribution in [3.8, 4) is 5.75 Å². The number of piperidine rings is 1. The van der Waals surface area contributed by atoms with Crippen LogP contribution in [0.1, 0.15) is 18.4 Å². The first-order chi connectivity index (χ1) is 12.2. The Labute approximate surface area is 149 Å². The Morgan fingerprint density at radius 1 is 0.960 bits per heavy atom. The van der Waals surface area contributed by atoms with Crippen LogP contribution >= 0.6 is 0 Å². The van der Waals surface area contributed by atoms with Crippen molar-refractivity contribution in [1.82, 2.24) is 4.90 Å². The molecule has 0 aromatic heterocycles. The number of ether oxygens (including phenoxy) is 1. The van der Waals surface area contributed by atoms with E-state index in [1.165, 1.54) is 5.56 Å². The van der Waals surface area contributed by atoms with E-state index in [4.69, 9.17) is 4.74 Å². The third-order valence-corrected chi connectivity index (χ3v) is 5.46. The van der Waals surface area contributed by atoms with Crippen LogP contribution in [0.25, 0.3) is 0 Å². The lowest BCUT2D eigenvalue weighted by molar-refractivity contribution is -0.0921. The Morgan fingerprint density at radius 3 is 2.52 bits per heavy atom. The number of hydrogen-bond donors (Lipinski definition) is 1. The van der Waals surface area contributed by atoms with E-state index < -0.39 is 0 Å². The second kappa shape index (κ2) is 7.06. The Hall–Kier alpha value is -2.04. The van der Waals surface area contributed by atoms with Gasteiger partial charge in [-0.05, 0) is 30.5 Å². The van der Waals surface area contributed by atoms with Gasteiger partial charge in [0.1, 0.15) is 5.75 Å². The number of anilines is 1. The minimum Gasteiger partial charge on any atom is -0.508 e. The summed E-state index contributed by atoms with van der Waals surface area (Å²) < 4.78 is 6.26. The van der Waals surface area contributed by atoms with E-state index in [1.807, 2.05) is 12.1 Å². The zero-order valence-electron chi connectivity index (χ0n) is 14.6. The van der Waals surface area contributed by atoms with Gasteiger partial charge in [0, 0.05) is 44.5 Å². The molecule has 0 atom stereocenters. The molecule has 0 radical (unpaired) electrons. The lowest BCUT2D eigenvalue weighted by atomic mass is 9.89. The first-order valence-corrected chi connectivity index (χ1v) is 9.17. The average Bonchev–Trinajstić information content (AvgIpc) is 2.65. The van der Waals surface area contributed by atoms with Gasteiger partial charge in [-0.2, -0.15) is 0 Å². The fourth-order valence-electron chi connectivity index (χ4n) is 4.02. The van der Waals surface area contributed by atoms with Crippen molar-refractivity contribution in [2.75, 3.05) is 37.7 Å². The van der Waals surface area contributed by atoms with Gasteiger partial charge in [-0.3, -0.25) is 4.90 Å². The van der Waals surface area contributed by atoms with E-state index in [-0.39, 0.29) is 5.60 Å². The van der Waals surface area contributed by atoms with Crippen LogP contribution in [0.2, 0.25) is 0 Å². The molecular weight excluding hydrogens is 312 g/mol. The largest absolute Gasteiger partial charge is 0.508 e. The molecule has 2 aliphatic rings. The van der Waals surface area contributed by atoms with Crippen LogP contribution in [-0.2, 0) is 11.3 Å². The van der Waals surface area contributed by atoms with Crippen LogP contribution in [-0.4, -0.2) is 48.4 Å². The third-order valence-electron chi connectivity index (χ3n) is 5.46. The van der Waals surface area contributed by atoms with Gasteiger partial charge in [0.15, 0.2) is 0 Å². The van der Waals surface area contributed by atoms with Gasteiger partial charge in [-0.15, -0.1) is 0 Å². The monoisotopic (exact) mass is 338 g/mol. The zero-order valence-corrected chi connectivity index (χ0v) is 14.6. The maximum atomic E-state index is 9.76. The predicted octanol–water partition coefficient (Wildman–Crippen LogP) is 3.26.